The summed E-state index contributed by atoms with van der Waals surface area (Å²) in [4.78, 5) is 26.6. The van der Waals surface area contributed by atoms with Gasteiger partial charge in [-0.15, -0.1) is 0 Å². The third-order valence-corrected chi connectivity index (χ3v) is 4.13. The molecule has 3 N–H and O–H groups in total. The fourth-order valence-corrected chi connectivity index (χ4v) is 2.20. The van der Waals surface area contributed by atoms with Gasteiger partial charge in [0.15, 0.2) is 0 Å². The molecule has 5 nitrogen and oxygen atoms in total. The highest BCUT2D eigenvalue weighted by Crippen LogP contribution is 2.32. The summed E-state index contributed by atoms with van der Waals surface area (Å²) >= 11 is 0. The molecule has 0 radical (unpaired) electrons. The average Bonchev–Trinajstić information content (AvgIpc) is 2.85. The number of nitrogens with one attached hydrogen (secondary N) is 2. The maximum Gasteiger partial charge on any atom is 0.310 e. The predicted molar refractivity (Wildman–Crippen MR) is 82.1 cm³/mol. The van der Waals surface area contributed by atoms with E-state index in [9.17, 15) is 14.7 Å². The summed E-state index contributed by atoms with van der Waals surface area (Å²) in [6.07, 6.45) is 1.78. The molecule has 0 aliphatic carbocycles. The second kappa shape index (κ2) is 5.60. The Bertz CT molecular complexity index is 675. The first-order chi connectivity index (χ1) is 9.83. The van der Waals surface area contributed by atoms with Crippen LogP contribution in [0.25, 0.3) is 10.9 Å². The van der Waals surface area contributed by atoms with Crippen LogP contribution >= 0.6 is 0 Å². The van der Waals surface area contributed by atoms with Gasteiger partial charge in [-0.25, -0.2) is 0 Å². The predicted octanol–water partition coefficient (Wildman–Crippen LogP) is 3.24. The van der Waals surface area contributed by atoms with Crippen LogP contribution in [0, 0.1) is 11.3 Å². The number of benzene rings is 1. The highest BCUT2D eigenvalue weighted by atomic mass is 16.4. The Morgan fingerprint density at radius 1 is 1.33 bits per heavy atom. The number of amides is 1. The Labute approximate surface area is 123 Å². The van der Waals surface area contributed by atoms with Gasteiger partial charge in [-0.2, -0.15) is 0 Å². The lowest BCUT2D eigenvalue weighted by Gasteiger charge is -2.28. The second-order valence-electron chi connectivity index (χ2n) is 5.88. The number of carbonyl (C=O) groups is 2. The fourth-order valence-electron chi connectivity index (χ4n) is 2.20. The molecule has 0 fully saturated rings. The first kappa shape index (κ1) is 15.1. The highest BCUT2D eigenvalue weighted by molar-refractivity contribution is 5.96. The van der Waals surface area contributed by atoms with Gasteiger partial charge in [0.25, 0.3) is 0 Å². The number of hydrogen-bond acceptors (Lipinski definition) is 2. The maximum absolute atomic E-state index is 12.1. The van der Waals surface area contributed by atoms with Crippen molar-refractivity contribution in [2.45, 2.75) is 27.2 Å². The van der Waals surface area contributed by atoms with Gasteiger partial charge in [0.1, 0.15) is 0 Å². The van der Waals surface area contributed by atoms with Crippen molar-refractivity contribution in [1.29, 1.82) is 0 Å². The quantitative estimate of drug-likeness (QED) is 0.790. The van der Waals surface area contributed by atoms with E-state index >= 15 is 0 Å². The number of H-pyrrole nitrogens is 1. The smallest absolute Gasteiger partial charge is 0.310 e. The molecule has 1 aromatic heterocycles. The molecule has 0 saturated carbocycles. The van der Waals surface area contributed by atoms with Crippen LogP contribution in [0.15, 0.2) is 30.5 Å². The first-order valence-corrected chi connectivity index (χ1v) is 6.93. The zero-order valence-electron chi connectivity index (χ0n) is 12.4. The van der Waals surface area contributed by atoms with Crippen LogP contribution < -0.4 is 5.32 Å². The fraction of sp³-hybridized carbons (Fsp3) is 0.375. The molecule has 0 saturated heterocycles. The number of fused-ring (bicyclic) bond motifs is 1. The standard InChI is InChI=1S/C16H20N2O3/c1-10(2)16(3,15(20)21)9-14(19)18-12-4-5-13-11(8-12)6-7-17-13/h4-8,10,17H,9H2,1-3H3,(H,18,19)(H,20,21). The summed E-state index contributed by atoms with van der Waals surface area (Å²) in [5.74, 6) is -1.37. The van der Waals surface area contributed by atoms with Gasteiger partial charge in [-0.3, -0.25) is 9.59 Å². The molecule has 1 heterocycles. The van der Waals surface area contributed by atoms with Gasteiger partial charge in [0, 0.05) is 29.2 Å². The molecular weight excluding hydrogens is 268 g/mol. The summed E-state index contributed by atoms with van der Waals surface area (Å²) in [7, 11) is 0. The van der Waals surface area contributed by atoms with Crippen molar-refractivity contribution in [3.05, 3.63) is 30.5 Å². The van der Waals surface area contributed by atoms with E-state index < -0.39 is 11.4 Å². The van der Waals surface area contributed by atoms with Crippen molar-refractivity contribution < 1.29 is 14.7 Å². The van der Waals surface area contributed by atoms with E-state index in [-0.39, 0.29) is 18.2 Å². The zero-order chi connectivity index (χ0) is 15.6. The molecule has 1 atom stereocenters. The van der Waals surface area contributed by atoms with E-state index in [0.717, 1.165) is 10.9 Å². The van der Waals surface area contributed by atoms with Crippen molar-refractivity contribution in [1.82, 2.24) is 4.98 Å². The summed E-state index contributed by atoms with van der Waals surface area (Å²) in [6.45, 7) is 5.23. The molecule has 21 heavy (non-hydrogen) atoms. The van der Waals surface area contributed by atoms with Crippen LogP contribution in [0.4, 0.5) is 5.69 Å². The van der Waals surface area contributed by atoms with E-state index in [2.05, 4.69) is 10.3 Å². The topological polar surface area (TPSA) is 82.2 Å². The lowest BCUT2D eigenvalue weighted by molar-refractivity contribution is -0.153. The Hall–Kier alpha value is -2.30. The van der Waals surface area contributed by atoms with E-state index in [0.29, 0.717) is 5.69 Å². The number of carboxylic acids is 1. The minimum Gasteiger partial charge on any atom is -0.481 e. The SMILES string of the molecule is CC(C)C(C)(CC(=O)Nc1ccc2[nH]ccc2c1)C(=O)O. The Morgan fingerprint density at radius 2 is 2.05 bits per heavy atom. The Morgan fingerprint density at radius 3 is 2.67 bits per heavy atom. The van der Waals surface area contributed by atoms with Crippen molar-refractivity contribution in [2.24, 2.45) is 11.3 Å². The Kier molecular flexibility index (Phi) is 4.02. The van der Waals surface area contributed by atoms with Crippen LogP contribution in [0.3, 0.4) is 0 Å². The average molecular weight is 288 g/mol. The lowest BCUT2D eigenvalue weighted by atomic mass is 9.76. The zero-order valence-corrected chi connectivity index (χ0v) is 12.4. The number of aromatic amines is 1. The van der Waals surface area contributed by atoms with Crippen molar-refractivity contribution in [3.8, 4) is 0 Å². The van der Waals surface area contributed by atoms with Gasteiger partial charge >= 0.3 is 5.97 Å². The third-order valence-electron chi connectivity index (χ3n) is 4.13. The molecule has 0 aliphatic rings. The molecule has 0 spiro atoms. The highest BCUT2D eigenvalue weighted by Gasteiger charge is 2.38. The van der Waals surface area contributed by atoms with Crippen LogP contribution in [-0.4, -0.2) is 22.0 Å². The van der Waals surface area contributed by atoms with Gasteiger partial charge in [0.05, 0.1) is 5.41 Å². The minimum absolute atomic E-state index is 0.0504. The summed E-state index contributed by atoms with van der Waals surface area (Å²) < 4.78 is 0. The van der Waals surface area contributed by atoms with Crippen molar-refractivity contribution in [2.75, 3.05) is 5.32 Å². The normalized spacial score (nSPS) is 14.1. The number of hydrogen-bond donors (Lipinski definition) is 3. The third kappa shape index (κ3) is 3.07. The van der Waals surface area contributed by atoms with E-state index in [1.807, 2.05) is 38.2 Å². The van der Waals surface area contributed by atoms with Crippen molar-refractivity contribution >= 4 is 28.5 Å². The molecule has 1 amide bonds. The molecule has 2 rings (SSSR count). The summed E-state index contributed by atoms with van der Waals surface area (Å²) in [5, 5.41) is 13.1. The molecule has 0 bridgehead atoms. The van der Waals surface area contributed by atoms with E-state index in [1.165, 1.54) is 0 Å². The molecule has 0 aliphatic heterocycles. The molecule has 1 unspecified atom stereocenters. The summed E-state index contributed by atoms with van der Waals surface area (Å²) in [5.41, 5.74) is 0.594. The summed E-state index contributed by atoms with van der Waals surface area (Å²) in [6, 6.07) is 7.45. The maximum atomic E-state index is 12.1. The second-order valence-corrected chi connectivity index (χ2v) is 5.88. The van der Waals surface area contributed by atoms with E-state index in [4.69, 9.17) is 0 Å². The van der Waals surface area contributed by atoms with Crippen LogP contribution in [0.2, 0.25) is 0 Å². The number of carboxylic acid groups (broad SMARTS) is 1. The first-order valence-electron chi connectivity index (χ1n) is 6.93. The Balaban J connectivity index is 2.12. The van der Waals surface area contributed by atoms with Gasteiger partial charge < -0.3 is 15.4 Å². The number of carbonyl (C=O) groups excluding carboxylic acids is 1. The molecule has 2 aromatic rings. The monoisotopic (exact) mass is 288 g/mol. The lowest BCUT2D eigenvalue weighted by Crippen LogP contribution is -2.37. The van der Waals surface area contributed by atoms with Gasteiger partial charge in [-0.1, -0.05) is 13.8 Å². The molecule has 112 valence electrons. The minimum atomic E-state index is -1.07. The van der Waals surface area contributed by atoms with Crippen molar-refractivity contribution in [3.63, 3.8) is 0 Å². The van der Waals surface area contributed by atoms with E-state index in [1.54, 1.807) is 13.0 Å². The van der Waals surface area contributed by atoms with Crippen LogP contribution in [0.1, 0.15) is 27.2 Å². The van der Waals surface area contributed by atoms with Gasteiger partial charge in [-0.05, 0) is 37.1 Å². The molecule has 5 heteroatoms. The van der Waals surface area contributed by atoms with Gasteiger partial charge in [0.2, 0.25) is 5.91 Å². The number of anilines is 1. The largest absolute Gasteiger partial charge is 0.481 e. The van der Waals surface area contributed by atoms with Crippen LogP contribution in [0.5, 0.6) is 0 Å². The van der Waals surface area contributed by atoms with Crippen LogP contribution in [-0.2, 0) is 9.59 Å². The molecule has 1 aromatic carbocycles. The number of aliphatic carboxylic acids is 1. The number of rotatable bonds is 5. The number of aromatic nitrogens is 1. The molecular formula is C16H20N2O3.